The summed E-state index contributed by atoms with van der Waals surface area (Å²) in [7, 11) is 0. The van der Waals surface area contributed by atoms with Crippen molar-refractivity contribution in [1.29, 1.82) is 0 Å². The van der Waals surface area contributed by atoms with Gasteiger partial charge in [0.15, 0.2) is 11.9 Å². The van der Waals surface area contributed by atoms with Crippen molar-refractivity contribution in [3.05, 3.63) is 36.8 Å². The van der Waals surface area contributed by atoms with E-state index in [4.69, 9.17) is 14.2 Å². The van der Waals surface area contributed by atoms with Crippen molar-refractivity contribution in [1.82, 2.24) is 0 Å². The van der Waals surface area contributed by atoms with Crippen molar-refractivity contribution >= 4 is 17.7 Å². The maximum absolute atomic E-state index is 12.8. The fourth-order valence-corrected chi connectivity index (χ4v) is 8.80. The maximum atomic E-state index is 12.8. The Labute approximate surface area is 212 Å². The van der Waals surface area contributed by atoms with E-state index >= 15 is 0 Å². The van der Waals surface area contributed by atoms with Crippen LogP contribution in [0.25, 0.3) is 0 Å². The first kappa shape index (κ1) is 25.2. The molecule has 5 unspecified atom stereocenters. The number of fused-ring (bicyclic) bond motifs is 3. The summed E-state index contributed by atoms with van der Waals surface area (Å²) < 4.78 is 22.7. The van der Waals surface area contributed by atoms with Gasteiger partial charge in [-0.15, -0.1) is 0 Å². The van der Waals surface area contributed by atoms with Crippen LogP contribution in [0.2, 0.25) is 0 Å². The minimum absolute atomic E-state index is 0.0332. The molecule has 36 heavy (non-hydrogen) atoms. The zero-order valence-electron chi connectivity index (χ0n) is 22.3. The molecular weight excluding hydrogens is 460 g/mol. The van der Waals surface area contributed by atoms with Gasteiger partial charge >= 0.3 is 11.9 Å². The predicted octanol–water partition coefficient (Wildman–Crippen LogP) is 4.89. The molecule has 3 aliphatic carbocycles. The molecule has 0 amide bonds. The van der Waals surface area contributed by atoms with Gasteiger partial charge < -0.3 is 18.6 Å². The SMILES string of the molecule is CC(=O)OC1CC2C(C)(C)C(=O)C=C[C@]2(C)C2CCC3(C)C(C)OC(=O)[C@H]4O[C@]43[C@]12C.c1ccoc1. The third-order valence-corrected chi connectivity index (χ3v) is 10.8. The van der Waals surface area contributed by atoms with Gasteiger partial charge in [0.2, 0.25) is 0 Å². The minimum atomic E-state index is -0.731. The number of allylic oxidation sites excluding steroid dienone is 2. The first-order chi connectivity index (χ1) is 16.8. The molecule has 6 rings (SSSR count). The number of furan rings is 1. The van der Waals surface area contributed by atoms with Crippen LogP contribution in [0.3, 0.4) is 0 Å². The van der Waals surface area contributed by atoms with Gasteiger partial charge in [-0.2, -0.15) is 0 Å². The minimum Gasteiger partial charge on any atom is -0.473 e. The largest absolute Gasteiger partial charge is 0.473 e. The zero-order valence-corrected chi connectivity index (χ0v) is 22.3. The summed E-state index contributed by atoms with van der Waals surface area (Å²) in [5.74, 6) is -0.394. The Bertz CT molecular complexity index is 1090. The van der Waals surface area contributed by atoms with E-state index < -0.39 is 28.6 Å². The molecule has 1 aromatic rings. The van der Waals surface area contributed by atoms with Crippen molar-refractivity contribution in [3.63, 3.8) is 0 Å². The number of cyclic esters (lactones) is 1. The molecule has 1 aromatic heterocycles. The zero-order chi connectivity index (χ0) is 26.3. The number of hydrogen-bond donors (Lipinski definition) is 0. The summed E-state index contributed by atoms with van der Waals surface area (Å²) in [5, 5.41) is 0. The quantitative estimate of drug-likeness (QED) is 0.402. The molecule has 9 atom stereocenters. The number of carbonyl (C=O) groups is 3. The second-order valence-corrected chi connectivity index (χ2v) is 12.6. The van der Waals surface area contributed by atoms with E-state index in [0.717, 1.165) is 12.8 Å². The van der Waals surface area contributed by atoms with Crippen LogP contribution in [0.5, 0.6) is 0 Å². The Morgan fingerprint density at radius 1 is 1.06 bits per heavy atom. The number of epoxide rings is 1. The lowest BCUT2D eigenvalue weighted by molar-refractivity contribution is -0.249. The van der Waals surface area contributed by atoms with Crippen molar-refractivity contribution in [2.24, 2.45) is 33.5 Å². The molecule has 0 bridgehead atoms. The van der Waals surface area contributed by atoms with Crippen LogP contribution >= 0.6 is 0 Å². The van der Waals surface area contributed by atoms with E-state index in [2.05, 4.69) is 31.3 Å². The topological polar surface area (TPSA) is 95.3 Å². The van der Waals surface area contributed by atoms with Crippen molar-refractivity contribution in [2.75, 3.05) is 0 Å². The Balaban J connectivity index is 0.000000477. The third kappa shape index (κ3) is 2.98. The fraction of sp³-hybridized carbons (Fsp3) is 0.690. The molecular formula is C29H38O7. The second kappa shape index (κ2) is 7.80. The summed E-state index contributed by atoms with van der Waals surface area (Å²) in [4.78, 5) is 37.9. The van der Waals surface area contributed by atoms with Crippen LogP contribution in [0.4, 0.5) is 0 Å². The molecule has 2 saturated carbocycles. The average molecular weight is 499 g/mol. The van der Waals surface area contributed by atoms with Crippen LogP contribution < -0.4 is 0 Å². The van der Waals surface area contributed by atoms with Gasteiger partial charge in [0, 0.05) is 23.2 Å². The number of ether oxygens (including phenoxy) is 3. The second-order valence-electron chi connectivity index (χ2n) is 12.6. The first-order valence-electron chi connectivity index (χ1n) is 13.0. The molecule has 7 heteroatoms. The lowest BCUT2D eigenvalue weighted by Crippen LogP contribution is -2.73. The highest BCUT2D eigenvalue weighted by atomic mass is 16.7. The fourth-order valence-electron chi connectivity index (χ4n) is 8.80. The summed E-state index contributed by atoms with van der Waals surface area (Å²) in [6, 6.07) is 3.67. The molecule has 2 saturated heterocycles. The lowest BCUT2D eigenvalue weighted by atomic mass is 9.36. The van der Waals surface area contributed by atoms with Gasteiger partial charge in [0.05, 0.1) is 12.5 Å². The molecule has 3 heterocycles. The standard InChI is InChI=1S/C25H34O6.C4H4O/c1-13-23(6)11-8-15-22(5)10-9-17(27)21(3,4)16(22)12-18(30-14(2)26)24(15,7)25(23)19(31-25)20(28)29-13;1-2-4-5-3-1/h9-10,13,15-16,18-19H,8,11-12H2,1-7H3;1-4H/t13?,15?,16?,18?,19-,22-,23?,24+,25-;/m1./s1. The van der Waals surface area contributed by atoms with E-state index in [-0.39, 0.29) is 46.5 Å². The average Bonchev–Trinajstić information content (AvgIpc) is 3.29. The van der Waals surface area contributed by atoms with E-state index in [1.807, 2.05) is 32.9 Å². The molecule has 2 aliphatic heterocycles. The van der Waals surface area contributed by atoms with Gasteiger partial charge in [-0.05, 0) is 61.6 Å². The predicted molar refractivity (Wildman–Crippen MR) is 130 cm³/mol. The van der Waals surface area contributed by atoms with Gasteiger partial charge in [-0.1, -0.05) is 40.7 Å². The summed E-state index contributed by atoms with van der Waals surface area (Å²) in [6.07, 6.45) is 8.08. The summed E-state index contributed by atoms with van der Waals surface area (Å²) >= 11 is 0. The highest BCUT2D eigenvalue weighted by molar-refractivity contribution is 5.95. The first-order valence-corrected chi connectivity index (χ1v) is 13.0. The molecule has 1 spiro atoms. The van der Waals surface area contributed by atoms with E-state index in [9.17, 15) is 14.4 Å². The van der Waals surface area contributed by atoms with Crippen molar-refractivity contribution in [3.8, 4) is 0 Å². The molecule has 0 radical (unpaired) electrons. The maximum Gasteiger partial charge on any atom is 0.338 e. The molecule has 7 nitrogen and oxygen atoms in total. The van der Waals surface area contributed by atoms with Gasteiger partial charge in [-0.25, -0.2) is 4.79 Å². The number of rotatable bonds is 1. The van der Waals surface area contributed by atoms with Gasteiger partial charge in [0.1, 0.15) is 17.8 Å². The van der Waals surface area contributed by atoms with Gasteiger partial charge in [-0.3, -0.25) is 9.59 Å². The number of hydrogen-bond acceptors (Lipinski definition) is 7. The van der Waals surface area contributed by atoms with E-state index in [1.165, 1.54) is 6.92 Å². The van der Waals surface area contributed by atoms with Crippen LogP contribution in [0.15, 0.2) is 41.2 Å². The van der Waals surface area contributed by atoms with Crippen molar-refractivity contribution in [2.45, 2.75) is 91.6 Å². The lowest BCUT2D eigenvalue weighted by Gasteiger charge is -2.68. The smallest absolute Gasteiger partial charge is 0.338 e. The Hall–Kier alpha value is -2.41. The Morgan fingerprint density at radius 2 is 1.72 bits per heavy atom. The summed E-state index contributed by atoms with van der Waals surface area (Å²) in [5.41, 5.74) is -2.48. The number of esters is 2. The van der Waals surface area contributed by atoms with Crippen LogP contribution in [0, 0.1) is 33.5 Å². The van der Waals surface area contributed by atoms with E-state index in [1.54, 1.807) is 18.6 Å². The number of ketones is 1. The van der Waals surface area contributed by atoms with E-state index in [0.29, 0.717) is 6.42 Å². The third-order valence-electron chi connectivity index (χ3n) is 10.8. The normalized spacial score (nSPS) is 47.6. The van der Waals surface area contributed by atoms with Gasteiger partial charge in [0.25, 0.3) is 0 Å². The molecule has 196 valence electrons. The number of carbonyl (C=O) groups excluding carboxylic acids is 3. The Kier molecular flexibility index (Phi) is 5.47. The highest BCUT2D eigenvalue weighted by Gasteiger charge is 2.87. The molecule has 0 aromatic carbocycles. The molecule has 4 fully saturated rings. The van der Waals surface area contributed by atoms with Crippen LogP contribution in [0.1, 0.15) is 67.7 Å². The molecule has 0 N–H and O–H groups in total. The van der Waals surface area contributed by atoms with Crippen LogP contribution in [-0.2, 0) is 28.6 Å². The van der Waals surface area contributed by atoms with Crippen molar-refractivity contribution < 1.29 is 33.0 Å². The highest BCUT2D eigenvalue weighted by Crippen LogP contribution is 2.78. The Morgan fingerprint density at radius 3 is 2.31 bits per heavy atom. The monoisotopic (exact) mass is 498 g/mol. The molecule has 5 aliphatic rings. The summed E-state index contributed by atoms with van der Waals surface area (Å²) in [6.45, 7) is 14.0. The van der Waals surface area contributed by atoms with Crippen LogP contribution in [-0.4, -0.2) is 41.6 Å².